The van der Waals surface area contributed by atoms with Crippen LogP contribution in [0.2, 0.25) is 0 Å². The number of rotatable bonds is 4. The summed E-state index contributed by atoms with van der Waals surface area (Å²) in [4.78, 5) is 0. The summed E-state index contributed by atoms with van der Waals surface area (Å²) in [6, 6.07) is 16.6. The van der Waals surface area contributed by atoms with E-state index in [0.717, 1.165) is 10.2 Å². The quantitative estimate of drug-likeness (QED) is 0.782. The summed E-state index contributed by atoms with van der Waals surface area (Å²) in [6.45, 7) is 6.53. The summed E-state index contributed by atoms with van der Waals surface area (Å²) in [5, 5.41) is 12.4. The van der Waals surface area contributed by atoms with E-state index < -0.39 is 0 Å². The largest absolute Gasteiger partial charge is 0.378 e. The smallest absolute Gasteiger partial charge is 0.0992 e. The van der Waals surface area contributed by atoms with Crippen LogP contribution in [0.1, 0.15) is 49.4 Å². The molecule has 0 saturated heterocycles. The van der Waals surface area contributed by atoms with Crippen molar-refractivity contribution in [3.05, 3.63) is 63.6 Å². The Morgan fingerprint density at radius 2 is 1.62 bits per heavy atom. The van der Waals surface area contributed by atoms with Crippen LogP contribution in [0.4, 0.5) is 5.69 Å². The highest BCUT2D eigenvalue weighted by Crippen LogP contribution is 2.28. The molecule has 3 heteroatoms. The van der Waals surface area contributed by atoms with Crippen LogP contribution in [0.5, 0.6) is 0 Å². The van der Waals surface area contributed by atoms with Gasteiger partial charge in [0.15, 0.2) is 0 Å². The number of nitriles is 1. The van der Waals surface area contributed by atoms with E-state index >= 15 is 0 Å². The van der Waals surface area contributed by atoms with Crippen LogP contribution in [0, 0.1) is 11.3 Å². The predicted molar refractivity (Wildman–Crippen MR) is 91.4 cm³/mol. The number of benzene rings is 2. The lowest BCUT2D eigenvalue weighted by atomic mass is 9.99. The van der Waals surface area contributed by atoms with E-state index in [0.29, 0.717) is 11.5 Å². The molecule has 2 rings (SSSR count). The average molecular weight is 343 g/mol. The van der Waals surface area contributed by atoms with E-state index in [4.69, 9.17) is 5.26 Å². The van der Waals surface area contributed by atoms with Crippen molar-refractivity contribution < 1.29 is 0 Å². The monoisotopic (exact) mass is 342 g/mol. The van der Waals surface area contributed by atoms with Gasteiger partial charge in [-0.1, -0.05) is 38.1 Å². The molecule has 0 aliphatic heterocycles. The molecule has 1 atom stereocenters. The highest BCUT2D eigenvalue weighted by atomic mass is 79.9. The molecule has 0 aliphatic rings. The Hall–Kier alpha value is -1.79. The molecular weight excluding hydrogens is 324 g/mol. The van der Waals surface area contributed by atoms with Gasteiger partial charge in [-0.2, -0.15) is 5.26 Å². The molecule has 2 nitrogen and oxygen atoms in total. The van der Waals surface area contributed by atoms with Gasteiger partial charge >= 0.3 is 0 Å². The standard InChI is InChI=1S/C18H19BrN2/c1-12(2)15-5-7-16(8-6-15)13(3)21-18-9-4-14(11-20)10-17(18)19/h4-10,12-13,21H,1-3H3. The van der Waals surface area contributed by atoms with Crippen molar-refractivity contribution in [2.24, 2.45) is 0 Å². The fourth-order valence-electron chi connectivity index (χ4n) is 2.19. The number of nitrogens with one attached hydrogen (secondary N) is 1. The first-order valence-electron chi connectivity index (χ1n) is 7.07. The molecule has 0 radical (unpaired) electrons. The van der Waals surface area contributed by atoms with E-state index in [1.807, 2.05) is 18.2 Å². The highest BCUT2D eigenvalue weighted by molar-refractivity contribution is 9.10. The van der Waals surface area contributed by atoms with E-state index in [1.165, 1.54) is 11.1 Å². The summed E-state index contributed by atoms with van der Waals surface area (Å²) >= 11 is 3.51. The second-order valence-electron chi connectivity index (χ2n) is 5.49. The first-order chi connectivity index (χ1) is 10.0. The predicted octanol–water partition coefficient (Wildman–Crippen LogP) is 5.62. The van der Waals surface area contributed by atoms with Gasteiger partial charge in [-0.3, -0.25) is 0 Å². The Balaban J connectivity index is 2.14. The van der Waals surface area contributed by atoms with E-state index in [1.54, 1.807) is 0 Å². The van der Waals surface area contributed by atoms with Crippen LogP contribution in [0.15, 0.2) is 46.9 Å². The number of halogens is 1. The molecule has 0 heterocycles. The molecule has 21 heavy (non-hydrogen) atoms. The zero-order valence-electron chi connectivity index (χ0n) is 12.5. The minimum Gasteiger partial charge on any atom is -0.378 e. The lowest BCUT2D eigenvalue weighted by Gasteiger charge is -2.18. The first kappa shape index (κ1) is 15.6. The molecule has 0 amide bonds. The van der Waals surface area contributed by atoms with Crippen LogP contribution >= 0.6 is 15.9 Å². The SMILES string of the molecule is CC(C)c1ccc(C(C)Nc2ccc(C#N)cc2Br)cc1. The third-order valence-corrected chi connectivity index (χ3v) is 4.23. The van der Waals surface area contributed by atoms with E-state index in [9.17, 15) is 0 Å². The van der Waals surface area contributed by atoms with Crippen molar-refractivity contribution in [3.8, 4) is 6.07 Å². The zero-order chi connectivity index (χ0) is 15.4. The van der Waals surface area contributed by atoms with Crippen LogP contribution in [-0.2, 0) is 0 Å². The van der Waals surface area contributed by atoms with Gasteiger partial charge in [-0.15, -0.1) is 0 Å². The second kappa shape index (κ2) is 6.78. The van der Waals surface area contributed by atoms with Gasteiger partial charge in [0.1, 0.15) is 0 Å². The maximum atomic E-state index is 8.89. The summed E-state index contributed by atoms with van der Waals surface area (Å²) in [7, 11) is 0. The highest BCUT2D eigenvalue weighted by Gasteiger charge is 2.09. The van der Waals surface area contributed by atoms with Crippen LogP contribution < -0.4 is 5.32 Å². The number of nitrogens with zero attached hydrogens (tertiary/aromatic N) is 1. The third kappa shape index (κ3) is 3.86. The Bertz CT molecular complexity index is 654. The van der Waals surface area contributed by atoms with Gasteiger partial charge < -0.3 is 5.32 Å². The molecule has 0 spiro atoms. The van der Waals surface area contributed by atoms with Crippen LogP contribution in [0.25, 0.3) is 0 Å². The fraction of sp³-hybridized carbons (Fsp3) is 0.278. The van der Waals surface area contributed by atoms with Crippen molar-refractivity contribution >= 4 is 21.6 Å². The van der Waals surface area contributed by atoms with E-state index in [2.05, 4.69) is 72.4 Å². The van der Waals surface area contributed by atoms with Crippen molar-refractivity contribution in [2.45, 2.75) is 32.7 Å². The van der Waals surface area contributed by atoms with Gasteiger partial charge in [0.05, 0.1) is 11.6 Å². The molecule has 0 bridgehead atoms. The third-order valence-electron chi connectivity index (χ3n) is 3.57. The number of hydrogen-bond donors (Lipinski definition) is 1. The lowest BCUT2D eigenvalue weighted by Crippen LogP contribution is -2.07. The van der Waals surface area contributed by atoms with Gasteiger partial charge in [-0.25, -0.2) is 0 Å². The average Bonchev–Trinajstić information content (AvgIpc) is 2.49. The van der Waals surface area contributed by atoms with Crippen molar-refractivity contribution in [1.29, 1.82) is 5.26 Å². The summed E-state index contributed by atoms with van der Waals surface area (Å²) in [6.07, 6.45) is 0. The van der Waals surface area contributed by atoms with Crippen molar-refractivity contribution in [2.75, 3.05) is 5.32 Å². The summed E-state index contributed by atoms with van der Waals surface area (Å²) < 4.78 is 0.909. The molecule has 0 saturated carbocycles. The van der Waals surface area contributed by atoms with Gasteiger partial charge in [0, 0.05) is 16.2 Å². The Kier molecular flexibility index (Phi) is 5.03. The Morgan fingerprint density at radius 1 is 1.00 bits per heavy atom. The first-order valence-corrected chi connectivity index (χ1v) is 7.86. The molecule has 1 unspecified atom stereocenters. The van der Waals surface area contributed by atoms with Crippen molar-refractivity contribution in [1.82, 2.24) is 0 Å². The molecule has 0 aromatic heterocycles. The maximum absolute atomic E-state index is 8.89. The molecule has 2 aromatic rings. The van der Waals surface area contributed by atoms with Crippen LogP contribution in [-0.4, -0.2) is 0 Å². The van der Waals surface area contributed by atoms with Gasteiger partial charge in [0.25, 0.3) is 0 Å². The molecule has 108 valence electrons. The minimum absolute atomic E-state index is 0.204. The lowest BCUT2D eigenvalue weighted by molar-refractivity contribution is 0.851. The molecule has 2 aromatic carbocycles. The van der Waals surface area contributed by atoms with Crippen LogP contribution in [0.3, 0.4) is 0 Å². The second-order valence-corrected chi connectivity index (χ2v) is 6.35. The summed E-state index contributed by atoms with van der Waals surface area (Å²) in [5.41, 5.74) is 4.25. The summed E-state index contributed by atoms with van der Waals surface area (Å²) in [5.74, 6) is 0.551. The zero-order valence-corrected chi connectivity index (χ0v) is 14.1. The molecule has 1 N–H and O–H groups in total. The topological polar surface area (TPSA) is 35.8 Å². The molecule has 0 fully saturated rings. The number of anilines is 1. The Labute approximate surface area is 134 Å². The molecule has 0 aliphatic carbocycles. The van der Waals surface area contributed by atoms with Crippen molar-refractivity contribution in [3.63, 3.8) is 0 Å². The minimum atomic E-state index is 0.204. The fourth-order valence-corrected chi connectivity index (χ4v) is 2.68. The normalized spacial score (nSPS) is 12.0. The maximum Gasteiger partial charge on any atom is 0.0992 e. The van der Waals surface area contributed by atoms with Gasteiger partial charge in [-0.05, 0) is 58.1 Å². The van der Waals surface area contributed by atoms with E-state index in [-0.39, 0.29) is 6.04 Å². The number of hydrogen-bond acceptors (Lipinski definition) is 2. The van der Waals surface area contributed by atoms with Gasteiger partial charge in [0.2, 0.25) is 0 Å². The molecular formula is C18H19BrN2. The Morgan fingerprint density at radius 3 is 2.14 bits per heavy atom.